The van der Waals surface area contributed by atoms with Gasteiger partial charge < -0.3 is 16.2 Å². The maximum Gasteiger partial charge on any atom is 0.263 e. The van der Waals surface area contributed by atoms with Crippen LogP contribution in [0.2, 0.25) is 0 Å². The summed E-state index contributed by atoms with van der Waals surface area (Å²) in [7, 11) is 1.68. The molecule has 1 aromatic carbocycles. The molecule has 0 atom stereocenters. The second kappa shape index (κ2) is 5.07. The second-order valence-electron chi connectivity index (χ2n) is 3.97. The van der Waals surface area contributed by atoms with Crippen molar-refractivity contribution >= 4 is 11.7 Å². The molecule has 7 heteroatoms. The third-order valence-electron chi connectivity index (χ3n) is 2.58. The number of carbonyl (C=O) groups is 1. The molecule has 4 N–H and O–H groups in total. The van der Waals surface area contributed by atoms with Gasteiger partial charge in [0.15, 0.2) is 5.82 Å². The monoisotopic (exact) mass is 264 g/mol. The lowest BCUT2D eigenvalue weighted by atomic mass is 10.1. The molecule has 0 unspecified atom stereocenters. The number of hydrogen-bond donors (Lipinski definition) is 3. The molecule has 1 aromatic heterocycles. The fourth-order valence-electron chi connectivity index (χ4n) is 1.70. The van der Waals surface area contributed by atoms with Crippen LogP contribution in [0.5, 0.6) is 5.75 Å². The topological polar surface area (TPSA) is 93.2 Å². The van der Waals surface area contributed by atoms with Gasteiger partial charge in [-0.15, -0.1) is 0 Å². The number of nitrogens with two attached hydrogens (primary N) is 1. The predicted octanol–water partition coefficient (Wildman–Crippen LogP) is 0.976. The lowest BCUT2D eigenvalue weighted by Crippen LogP contribution is -2.16. The Labute approximate surface area is 108 Å². The summed E-state index contributed by atoms with van der Waals surface area (Å²) in [5.41, 5.74) is 5.71. The van der Waals surface area contributed by atoms with Crippen LogP contribution in [0.15, 0.2) is 24.4 Å². The minimum atomic E-state index is -0.803. The minimum absolute atomic E-state index is 0.187. The number of rotatable bonds is 3. The number of phenols is 1. The van der Waals surface area contributed by atoms with Gasteiger partial charge in [-0.2, -0.15) is 5.10 Å². The van der Waals surface area contributed by atoms with Gasteiger partial charge in [0.1, 0.15) is 17.1 Å². The van der Waals surface area contributed by atoms with Crippen LogP contribution in [0, 0.1) is 5.82 Å². The Morgan fingerprint density at radius 2 is 2.32 bits per heavy atom. The number of nitrogens with one attached hydrogen (secondary N) is 1. The third kappa shape index (κ3) is 2.55. The Morgan fingerprint density at radius 3 is 2.95 bits per heavy atom. The summed E-state index contributed by atoms with van der Waals surface area (Å²) in [4.78, 5) is 11.9. The normalized spacial score (nSPS) is 10.5. The van der Waals surface area contributed by atoms with E-state index in [4.69, 9.17) is 5.73 Å². The van der Waals surface area contributed by atoms with Crippen LogP contribution in [0.4, 0.5) is 10.2 Å². The molecule has 1 heterocycles. The number of phenolic OH excluding ortho intramolecular Hbond substituents is 1. The zero-order valence-corrected chi connectivity index (χ0v) is 10.2. The molecule has 19 heavy (non-hydrogen) atoms. The molecule has 2 rings (SSSR count). The minimum Gasteiger partial charge on any atom is -0.507 e. The van der Waals surface area contributed by atoms with E-state index < -0.39 is 23.0 Å². The number of benzene rings is 1. The number of aromatic nitrogens is 2. The molecular weight excluding hydrogens is 251 g/mol. The van der Waals surface area contributed by atoms with Crippen LogP contribution >= 0.6 is 0 Å². The van der Waals surface area contributed by atoms with Gasteiger partial charge in [-0.25, -0.2) is 4.39 Å². The average Bonchev–Trinajstić information content (AvgIpc) is 2.69. The quantitative estimate of drug-likeness (QED) is 0.770. The molecule has 0 spiro atoms. The zero-order chi connectivity index (χ0) is 14.0. The first kappa shape index (κ1) is 13.0. The molecule has 0 aliphatic carbocycles. The number of aryl methyl sites for hydroxylation is 1. The highest BCUT2D eigenvalue weighted by molar-refractivity contribution is 6.06. The highest BCUT2D eigenvalue weighted by Gasteiger charge is 2.18. The Hall–Kier alpha value is -2.41. The molecule has 1 amide bonds. The predicted molar refractivity (Wildman–Crippen MR) is 67.1 cm³/mol. The molecule has 0 saturated heterocycles. The van der Waals surface area contributed by atoms with Crippen LogP contribution in [0.3, 0.4) is 0 Å². The van der Waals surface area contributed by atoms with E-state index in [0.717, 1.165) is 6.07 Å². The lowest BCUT2D eigenvalue weighted by molar-refractivity contribution is 0.102. The van der Waals surface area contributed by atoms with Crippen LogP contribution < -0.4 is 11.1 Å². The van der Waals surface area contributed by atoms with Crippen molar-refractivity contribution in [2.45, 2.75) is 6.54 Å². The fraction of sp³-hybridized carbons (Fsp3) is 0.167. The lowest BCUT2D eigenvalue weighted by Gasteiger charge is -2.06. The summed E-state index contributed by atoms with van der Waals surface area (Å²) >= 11 is 0. The summed E-state index contributed by atoms with van der Waals surface area (Å²) in [6.45, 7) is 0.187. The van der Waals surface area contributed by atoms with Gasteiger partial charge in [0.2, 0.25) is 0 Å². The van der Waals surface area contributed by atoms with Crippen molar-refractivity contribution < 1.29 is 14.3 Å². The van der Waals surface area contributed by atoms with Crippen molar-refractivity contribution in [1.82, 2.24) is 9.78 Å². The van der Waals surface area contributed by atoms with E-state index >= 15 is 0 Å². The summed E-state index contributed by atoms with van der Waals surface area (Å²) in [6.07, 6.45) is 1.65. The maximum absolute atomic E-state index is 13.5. The van der Waals surface area contributed by atoms with Gasteiger partial charge in [0, 0.05) is 25.4 Å². The third-order valence-corrected chi connectivity index (χ3v) is 2.58. The number of nitrogens with zero attached hydrogens (tertiary/aromatic N) is 2. The number of carbonyl (C=O) groups excluding carboxylic acids is 1. The maximum atomic E-state index is 13.5. The Bertz CT molecular complexity index is 604. The Kier molecular flexibility index (Phi) is 3.48. The van der Waals surface area contributed by atoms with E-state index in [0.29, 0.717) is 5.56 Å². The van der Waals surface area contributed by atoms with Crippen molar-refractivity contribution in [3.8, 4) is 5.75 Å². The van der Waals surface area contributed by atoms with Gasteiger partial charge in [-0.3, -0.25) is 9.48 Å². The summed E-state index contributed by atoms with van der Waals surface area (Å²) in [5, 5.41) is 16.0. The SMILES string of the molecule is Cn1cc(CN)c(NC(=O)c2c(O)cccc2F)n1. The van der Waals surface area contributed by atoms with Crippen LogP contribution in [-0.4, -0.2) is 20.8 Å². The van der Waals surface area contributed by atoms with E-state index in [1.807, 2.05) is 0 Å². The molecular formula is C12H13FN4O2. The molecule has 0 saturated carbocycles. The molecule has 0 radical (unpaired) electrons. The van der Waals surface area contributed by atoms with Crippen molar-refractivity contribution in [2.75, 3.05) is 5.32 Å². The molecule has 2 aromatic rings. The van der Waals surface area contributed by atoms with Gasteiger partial charge in [-0.05, 0) is 12.1 Å². The van der Waals surface area contributed by atoms with Crippen LogP contribution in [-0.2, 0) is 13.6 Å². The van der Waals surface area contributed by atoms with Crippen molar-refractivity contribution in [1.29, 1.82) is 0 Å². The number of aromatic hydroxyl groups is 1. The number of anilines is 1. The van der Waals surface area contributed by atoms with E-state index in [2.05, 4.69) is 10.4 Å². The van der Waals surface area contributed by atoms with Gasteiger partial charge >= 0.3 is 0 Å². The number of halogens is 1. The summed E-state index contributed by atoms with van der Waals surface area (Å²) in [5.74, 6) is -1.76. The van der Waals surface area contributed by atoms with Gasteiger partial charge in [-0.1, -0.05) is 6.07 Å². The molecule has 0 bridgehead atoms. The first-order valence-electron chi connectivity index (χ1n) is 5.54. The van der Waals surface area contributed by atoms with Gasteiger partial charge in [0.25, 0.3) is 5.91 Å². The number of hydrogen-bond acceptors (Lipinski definition) is 4. The summed E-state index contributed by atoms with van der Waals surface area (Å²) in [6, 6.07) is 3.64. The fourth-order valence-corrected chi connectivity index (χ4v) is 1.70. The standard InChI is InChI=1S/C12H13FN4O2/c1-17-6-7(5-14)11(16-17)15-12(19)10-8(13)3-2-4-9(10)18/h2-4,6,18H,5,14H2,1H3,(H,15,16,19). The molecule has 6 nitrogen and oxygen atoms in total. The summed E-state index contributed by atoms with van der Waals surface area (Å²) < 4.78 is 15.0. The molecule has 0 fully saturated rings. The first-order chi connectivity index (χ1) is 9.02. The molecule has 0 aliphatic heterocycles. The largest absolute Gasteiger partial charge is 0.507 e. The molecule has 0 aliphatic rings. The van der Waals surface area contributed by atoms with E-state index in [9.17, 15) is 14.3 Å². The first-order valence-corrected chi connectivity index (χ1v) is 5.54. The highest BCUT2D eigenvalue weighted by Crippen LogP contribution is 2.21. The van der Waals surface area contributed by atoms with E-state index in [1.54, 1.807) is 13.2 Å². The van der Waals surface area contributed by atoms with E-state index in [1.165, 1.54) is 16.8 Å². The zero-order valence-electron chi connectivity index (χ0n) is 10.2. The second-order valence-corrected chi connectivity index (χ2v) is 3.97. The van der Waals surface area contributed by atoms with Crippen molar-refractivity contribution in [3.63, 3.8) is 0 Å². The van der Waals surface area contributed by atoms with Crippen molar-refractivity contribution in [3.05, 3.63) is 41.3 Å². The van der Waals surface area contributed by atoms with E-state index in [-0.39, 0.29) is 12.4 Å². The van der Waals surface area contributed by atoms with Crippen LogP contribution in [0.25, 0.3) is 0 Å². The number of amides is 1. The smallest absolute Gasteiger partial charge is 0.263 e. The Morgan fingerprint density at radius 1 is 1.58 bits per heavy atom. The average molecular weight is 264 g/mol. The highest BCUT2D eigenvalue weighted by atomic mass is 19.1. The van der Waals surface area contributed by atoms with Crippen molar-refractivity contribution in [2.24, 2.45) is 12.8 Å². The van der Waals surface area contributed by atoms with Gasteiger partial charge in [0.05, 0.1) is 0 Å². The molecule has 100 valence electrons. The van der Waals surface area contributed by atoms with Crippen LogP contribution in [0.1, 0.15) is 15.9 Å². The Balaban J connectivity index is 2.31.